The van der Waals surface area contributed by atoms with Crippen molar-refractivity contribution in [2.45, 2.75) is 31.6 Å². The van der Waals surface area contributed by atoms with Gasteiger partial charge in [-0.1, -0.05) is 23.8 Å². The van der Waals surface area contributed by atoms with Crippen molar-refractivity contribution >= 4 is 17.4 Å². The van der Waals surface area contributed by atoms with E-state index in [0.717, 1.165) is 10.2 Å². The van der Waals surface area contributed by atoms with Crippen LogP contribution in [0.4, 0.5) is 24.7 Å². The Kier molecular flexibility index (Phi) is 5.92. The number of ether oxygens (including phenoxy) is 2. The number of rotatable bonds is 5. The van der Waals surface area contributed by atoms with Crippen LogP contribution in [0.1, 0.15) is 40.1 Å². The van der Waals surface area contributed by atoms with E-state index < -0.39 is 24.2 Å². The predicted molar refractivity (Wildman–Crippen MR) is 117 cm³/mol. The number of nitrogens with zero attached hydrogens (tertiary/aromatic N) is 2. The number of aryl methyl sites for hydroxylation is 1. The van der Waals surface area contributed by atoms with E-state index in [0.29, 0.717) is 22.7 Å². The molecule has 7 nitrogen and oxygen atoms in total. The molecule has 2 aromatic carbocycles. The molecule has 174 valence electrons. The number of amides is 1. The molecule has 0 saturated carbocycles. The van der Waals surface area contributed by atoms with Crippen molar-refractivity contribution in [3.05, 3.63) is 65.4 Å². The van der Waals surface area contributed by atoms with E-state index in [1.54, 1.807) is 30.3 Å². The van der Waals surface area contributed by atoms with Gasteiger partial charge in [-0.05, 0) is 36.8 Å². The minimum absolute atomic E-state index is 0.109. The van der Waals surface area contributed by atoms with Crippen LogP contribution in [0.25, 0.3) is 0 Å². The van der Waals surface area contributed by atoms with Gasteiger partial charge in [-0.3, -0.25) is 4.79 Å². The summed E-state index contributed by atoms with van der Waals surface area (Å²) in [5.41, 5.74) is 2.03. The van der Waals surface area contributed by atoms with Crippen LogP contribution in [0, 0.1) is 6.92 Å². The van der Waals surface area contributed by atoms with Gasteiger partial charge in [-0.2, -0.15) is 18.3 Å². The quantitative estimate of drug-likeness (QED) is 0.553. The van der Waals surface area contributed by atoms with Crippen LogP contribution in [0.3, 0.4) is 0 Å². The molecule has 0 fully saturated rings. The van der Waals surface area contributed by atoms with Gasteiger partial charge >= 0.3 is 6.18 Å². The molecular formula is C23H23F3N4O3. The molecule has 1 aliphatic heterocycles. The number of anilines is 2. The molecule has 1 aliphatic rings. The molecule has 0 aliphatic carbocycles. The maximum absolute atomic E-state index is 13.9. The van der Waals surface area contributed by atoms with Crippen molar-refractivity contribution in [1.29, 1.82) is 0 Å². The highest BCUT2D eigenvalue weighted by atomic mass is 19.4. The normalized spacial score (nSPS) is 17.6. The SMILES string of the molecule is COc1ccc([C@H]2C[C@H](C(F)(F)F)n3nc(C(=O)Nc4ccc(C)cc4)cc3N2)cc1OC. The Balaban J connectivity index is 1.64. The Bertz CT molecular complexity index is 1160. The van der Waals surface area contributed by atoms with Crippen molar-refractivity contribution in [2.24, 2.45) is 0 Å². The number of hydrogen-bond donors (Lipinski definition) is 2. The lowest BCUT2D eigenvalue weighted by atomic mass is 9.96. The molecule has 33 heavy (non-hydrogen) atoms. The third-order valence-corrected chi connectivity index (χ3v) is 5.54. The van der Waals surface area contributed by atoms with Gasteiger partial charge in [0, 0.05) is 18.2 Å². The third kappa shape index (κ3) is 4.59. The number of hydrogen-bond acceptors (Lipinski definition) is 5. The summed E-state index contributed by atoms with van der Waals surface area (Å²) in [7, 11) is 2.94. The first-order valence-corrected chi connectivity index (χ1v) is 10.2. The Hall–Kier alpha value is -3.69. The largest absolute Gasteiger partial charge is 0.493 e. The number of alkyl halides is 3. The third-order valence-electron chi connectivity index (χ3n) is 5.54. The average Bonchev–Trinajstić information content (AvgIpc) is 3.23. The molecule has 3 aromatic rings. The van der Waals surface area contributed by atoms with Crippen LogP contribution in [0.2, 0.25) is 0 Å². The fourth-order valence-electron chi connectivity index (χ4n) is 3.80. The molecule has 0 bridgehead atoms. The Morgan fingerprint density at radius 2 is 1.79 bits per heavy atom. The number of carbonyl (C=O) groups excluding carboxylic acids is 1. The van der Waals surface area contributed by atoms with Gasteiger partial charge < -0.3 is 20.1 Å². The van der Waals surface area contributed by atoms with Crippen LogP contribution in [-0.4, -0.2) is 36.1 Å². The second-order valence-corrected chi connectivity index (χ2v) is 7.78. The molecule has 10 heteroatoms. The standard InChI is InChI=1S/C23H23F3N4O3/c1-13-4-7-15(8-5-13)27-22(31)17-12-21-28-16(11-20(23(24,25)26)30(21)29-17)14-6-9-18(32-2)19(10-14)33-3/h4-10,12,16,20,28H,11H2,1-3H3,(H,27,31)/t16-,20-/m1/s1. The summed E-state index contributed by atoms with van der Waals surface area (Å²) >= 11 is 0. The minimum atomic E-state index is -4.55. The Morgan fingerprint density at radius 1 is 1.09 bits per heavy atom. The summed E-state index contributed by atoms with van der Waals surface area (Å²) in [6.07, 6.45) is -4.85. The van der Waals surface area contributed by atoms with Gasteiger partial charge in [0.1, 0.15) is 5.82 Å². The number of halogens is 3. The number of fused-ring (bicyclic) bond motifs is 1. The van der Waals surface area contributed by atoms with Gasteiger partial charge in [-0.15, -0.1) is 0 Å². The topological polar surface area (TPSA) is 77.4 Å². The van der Waals surface area contributed by atoms with E-state index in [9.17, 15) is 18.0 Å². The second kappa shape index (κ2) is 8.68. The van der Waals surface area contributed by atoms with E-state index in [1.165, 1.54) is 20.3 Å². The van der Waals surface area contributed by atoms with Gasteiger partial charge in [0.15, 0.2) is 23.2 Å². The Labute approximate surface area is 188 Å². The first-order valence-electron chi connectivity index (χ1n) is 10.2. The lowest BCUT2D eigenvalue weighted by Gasteiger charge is -2.33. The van der Waals surface area contributed by atoms with Gasteiger partial charge in [0.2, 0.25) is 0 Å². The molecule has 1 aromatic heterocycles. The van der Waals surface area contributed by atoms with Crippen molar-refractivity contribution in [3.8, 4) is 11.5 Å². The van der Waals surface area contributed by atoms with Crippen molar-refractivity contribution < 1.29 is 27.4 Å². The fourth-order valence-corrected chi connectivity index (χ4v) is 3.80. The average molecular weight is 460 g/mol. The number of carbonyl (C=O) groups is 1. The van der Waals surface area contributed by atoms with Crippen LogP contribution in [0.15, 0.2) is 48.5 Å². The maximum Gasteiger partial charge on any atom is 0.410 e. The summed E-state index contributed by atoms with van der Waals surface area (Å²) in [5.74, 6) is 0.408. The summed E-state index contributed by atoms with van der Waals surface area (Å²) in [6.45, 7) is 1.91. The summed E-state index contributed by atoms with van der Waals surface area (Å²) in [4.78, 5) is 12.7. The highest BCUT2D eigenvalue weighted by Crippen LogP contribution is 2.44. The summed E-state index contributed by atoms with van der Waals surface area (Å²) in [6, 6.07) is 10.8. The predicted octanol–water partition coefficient (Wildman–Crippen LogP) is 5.12. The molecule has 0 unspecified atom stereocenters. The van der Waals surface area contributed by atoms with Gasteiger partial charge in [-0.25, -0.2) is 4.68 Å². The molecule has 2 atom stereocenters. The maximum atomic E-state index is 13.9. The highest BCUT2D eigenvalue weighted by Gasteiger charge is 2.47. The fraction of sp³-hybridized carbons (Fsp3) is 0.304. The van der Waals surface area contributed by atoms with E-state index >= 15 is 0 Å². The van der Waals surface area contributed by atoms with Crippen LogP contribution in [-0.2, 0) is 0 Å². The zero-order chi connectivity index (χ0) is 23.8. The molecule has 1 amide bonds. The molecule has 0 saturated heterocycles. The van der Waals surface area contributed by atoms with Crippen molar-refractivity contribution in [1.82, 2.24) is 9.78 Å². The van der Waals surface area contributed by atoms with Crippen LogP contribution < -0.4 is 20.1 Å². The summed E-state index contributed by atoms with van der Waals surface area (Å²) < 4.78 is 53.1. The van der Waals surface area contributed by atoms with Gasteiger partial charge in [0.05, 0.1) is 20.3 Å². The second-order valence-electron chi connectivity index (χ2n) is 7.78. The monoisotopic (exact) mass is 460 g/mol. The first-order chi connectivity index (χ1) is 15.7. The zero-order valence-corrected chi connectivity index (χ0v) is 18.2. The number of nitrogens with one attached hydrogen (secondary N) is 2. The molecular weight excluding hydrogens is 437 g/mol. The number of methoxy groups -OCH3 is 2. The van der Waals surface area contributed by atoms with Crippen LogP contribution >= 0.6 is 0 Å². The van der Waals surface area contributed by atoms with Crippen molar-refractivity contribution in [3.63, 3.8) is 0 Å². The van der Waals surface area contributed by atoms with E-state index in [4.69, 9.17) is 9.47 Å². The number of benzene rings is 2. The zero-order valence-electron chi connectivity index (χ0n) is 18.2. The Morgan fingerprint density at radius 3 is 2.42 bits per heavy atom. The lowest BCUT2D eigenvalue weighted by molar-refractivity contribution is -0.173. The van der Waals surface area contributed by atoms with E-state index in [2.05, 4.69) is 15.7 Å². The molecule has 2 heterocycles. The smallest absolute Gasteiger partial charge is 0.410 e. The summed E-state index contributed by atoms with van der Waals surface area (Å²) in [5, 5.41) is 9.72. The first kappa shape index (κ1) is 22.5. The highest BCUT2D eigenvalue weighted by molar-refractivity contribution is 6.03. The molecule has 4 rings (SSSR count). The van der Waals surface area contributed by atoms with Crippen LogP contribution in [0.5, 0.6) is 11.5 Å². The van der Waals surface area contributed by atoms with E-state index in [-0.39, 0.29) is 17.9 Å². The molecule has 2 N–H and O–H groups in total. The minimum Gasteiger partial charge on any atom is -0.493 e. The molecule has 0 spiro atoms. The molecule has 0 radical (unpaired) electrons. The van der Waals surface area contributed by atoms with Gasteiger partial charge in [0.25, 0.3) is 5.91 Å². The number of aromatic nitrogens is 2. The van der Waals surface area contributed by atoms with Crippen molar-refractivity contribution in [2.75, 3.05) is 24.9 Å². The lowest BCUT2D eigenvalue weighted by Crippen LogP contribution is -2.35. The van der Waals surface area contributed by atoms with E-state index in [1.807, 2.05) is 19.1 Å².